The van der Waals surface area contributed by atoms with Gasteiger partial charge in [-0.25, -0.2) is 4.39 Å². The van der Waals surface area contributed by atoms with E-state index < -0.39 is 0 Å². The molecule has 0 atom stereocenters. The van der Waals surface area contributed by atoms with E-state index in [1.54, 1.807) is 12.1 Å². The highest BCUT2D eigenvalue weighted by molar-refractivity contribution is 5.82. The standard InChI is InChI=1S/C22H16FN5/c1-14-20(21(26-24-14)15-7-10-18(23)11-8-15)17-9-12-19-25-27-22(28(19)13-17)16-5-3-2-4-6-16/h2-13H,1H3,(H,24,26). The number of aryl methyl sites for hydroxylation is 1. The molecule has 5 rings (SSSR count). The van der Waals surface area contributed by atoms with Crippen molar-refractivity contribution in [2.24, 2.45) is 0 Å². The lowest BCUT2D eigenvalue weighted by Crippen LogP contribution is -1.92. The molecule has 0 fully saturated rings. The molecule has 0 aliphatic carbocycles. The molecule has 0 bridgehead atoms. The molecule has 6 heteroatoms. The van der Waals surface area contributed by atoms with Crippen LogP contribution in [0, 0.1) is 12.7 Å². The number of aromatic amines is 1. The van der Waals surface area contributed by atoms with Crippen LogP contribution in [0.4, 0.5) is 4.39 Å². The molecule has 5 aromatic rings. The van der Waals surface area contributed by atoms with Crippen LogP contribution in [0.15, 0.2) is 72.9 Å². The van der Waals surface area contributed by atoms with Crippen LogP contribution in [0.5, 0.6) is 0 Å². The Bertz CT molecular complexity index is 1270. The number of pyridine rings is 1. The van der Waals surface area contributed by atoms with Crippen molar-refractivity contribution in [1.29, 1.82) is 0 Å². The van der Waals surface area contributed by atoms with Gasteiger partial charge >= 0.3 is 0 Å². The summed E-state index contributed by atoms with van der Waals surface area (Å²) < 4.78 is 15.3. The maximum Gasteiger partial charge on any atom is 0.168 e. The number of hydrogen-bond donors (Lipinski definition) is 1. The number of rotatable bonds is 3. The van der Waals surface area contributed by atoms with Crippen molar-refractivity contribution < 1.29 is 4.39 Å². The number of H-pyrrole nitrogens is 1. The fourth-order valence-corrected chi connectivity index (χ4v) is 3.42. The van der Waals surface area contributed by atoms with Gasteiger partial charge in [-0.3, -0.25) is 9.50 Å². The second kappa shape index (κ2) is 6.42. The Labute approximate surface area is 160 Å². The van der Waals surface area contributed by atoms with E-state index in [9.17, 15) is 4.39 Å². The van der Waals surface area contributed by atoms with E-state index in [0.717, 1.165) is 45.1 Å². The largest absolute Gasteiger partial charge is 0.282 e. The van der Waals surface area contributed by atoms with Gasteiger partial charge in [-0.1, -0.05) is 30.3 Å². The number of hydrogen-bond acceptors (Lipinski definition) is 3. The topological polar surface area (TPSA) is 58.9 Å². The summed E-state index contributed by atoms with van der Waals surface area (Å²) in [5.74, 6) is 0.512. The van der Waals surface area contributed by atoms with Gasteiger partial charge in [-0.15, -0.1) is 10.2 Å². The number of nitrogens with zero attached hydrogens (tertiary/aromatic N) is 4. The number of halogens is 1. The van der Waals surface area contributed by atoms with Crippen molar-refractivity contribution in [3.8, 4) is 33.8 Å². The van der Waals surface area contributed by atoms with Crippen molar-refractivity contribution >= 4 is 5.65 Å². The van der Waals surface area contributed by atoms with Gasteiger partial charge in [-0.05, 0) is 43.3 Å². The lowest BCUT2D eigenvalue weighted by Gasteiger charge is -2.07. The first kappa shape index (κ1) is 16.4. The summed E-state index contributed by atoms with van der Waals surface area (Å²) in [4.78, 5) is 0. The first-order valence-corrected chi connectivity index (χ1v) is 8.92. The summed E-state index contributed by atoms with van der Waals surface area (Å²) in [6, 6.07) is 20.3. The molecule has 5 nitrogen and oxygen atoms in total. The molecular weight excluding hydrogens is 353 g/mol. The van der Waals surface area contributed by atoms with Crippen molar-refractivity contribution in [2.75, 3.05) is 0 Å². The molecule has 136 valence electrons. The summed E-state index contributed by atoms with van der Waals surface area (Å²) >= 11 is 0. The Morgan fingerprint density at radius 1 is 0.821 bits per heavy atom. The summed E-state index contributed by atoms with van der Waals surface area (Å²) in [6.45, 7) is 1.98. The summed E-state index contributed by atoms with van der Waals surface area (Å²) in [7, 11) is 0. The fourth-order valence-electron chi connectivity index (χ4n) is 3.42. The Morgan fingerprint density at radius 3 is 2.36 bits per heavy atom. The number of fused-ring (bicyclic) bond motifs is 1. The molecular formula is C22H16FN5. The van der Waals surface area contributed by atoms with Crippen LogP contribution >= 0.6 is 0 Å². The zero-order valence-electron chi connectivity index (χ0n) is 15.1. The Kier molecular flexibility index (Phi) is 3.76. The Morgan fingerprint density at radius 2 is 1.57 bits per heavy atom. The third-order valence-corrected chi connectivity index (χ3v) is 4.79. The molecule has 0 radical (unpaired) electrons. The van der Waals surface area contributed by atoms with Gasteiger partial charge in [0.15, 0.2) is 11.5 Å². The first-order chi connectivity index (χ1) is 13.7. The average Bonchev–Trinajstić information content (AvgIpc) is 3.32. The molecule has 0 aliphatic rings. The third-order valence-electron chi connectivity index (χ3n) is 4.79. The van der Waals surface area contributed by atoms with Crippen molar-refractivity contribution in [1.82, 2.24) is 24.8 Å². The highest BCUT2D eigenvalue weighted by atomic mass is 19.1. The molecule has 0 aliphatic heterocycles. The van der Waals surface area contributed by atoms with Crippen LogP contribution in [0.2, 0.25) is 0 Å². The van der Waals surface area contributed by atoms with Crippen molar-refractivity contribution in [3.05, 3.63) is 84.4 Å². The highest BCUT2D eigenvalue weighted by Crippen LogP contribution is 2.33. The minimum Gasteiger partial charge on any atom is -0.282 e. The monoisotopic (exact) mass is 369 g/mol. The molecule has 2 aromatic carbocycles. The minimum atomic E-state index is -0.268. The predicted molar refractivity (Wildman–Crippen MR) is 106 cm³/mol. The second-order valence-electron chi connectivity index (χ2n) is 6.61. The lowest BCUT2D eigenvalue weighted by atomic mass is 10.0. The van der Waals surface area contributed by atoms with Gasteiger partial charge in [0, 0.05) is 34.1 Å². The van der Waals surface area contributed by atoms with E-state index in [4.69, 9.17) is 0 Å². The Balaban J connectivity index is 1.69. The molecule has 1 N–H and O–H groups in total. The maximum absolute atomic E-state index is 13.3. The smallest absolute Gasteiger partial charge is 0.168 e. The lowest BCUT2D eigenvalue weighted by molar-refractivity contribution is 0.628. The van der Waals surface area contributed by atoms with Gasteiger partial charge in [0.05, 0.1) is 0 Å². The highest BCUT2D eigenvalue weighted by Gasteiger charge is 2.16. The molecule has 0 amide bonds. The molecule has 0 saturated carbocycles. The third kappa shape index (κ3) is 2.66. The quantitative estimate of drug-likeness (QED) is 0.492. The van der Waals surface area contributed by atoms with Crippen LogP contribution in [0.3, 0.4) is 0 Å². The summed E-state index contributed by atoms with van der Waals surface area (Å²) in [5, 5.41) is 16.1. The van der Waals surface area contributed by atoms with E-state index in [0.29, 0.717) is 0 Å². The Hall–Kier alpha value is -3.80. The average molecular weight is 369 g/mol. The van der Waals surface area contributed by atoms with Crippen molar-refractivity contribution in [3.63, 3.8) is 0 Å². The number of benzene rings is 2. The molecule has 0 unspecified atom stereocenters. The molecule has 28 heavy (non-hydrogen) atoms. The normalized spacial score (nSPS) is 11.2. The minimum absolute atomic E-state index is 0.268. The zero-order valence-corrected chi connectivity index (χ0v) is 15.1. The van der Waals surface area contributed by atoms with Gasteiger partial charge in [-0.2, -0.15) is 5.10 Å². The van der Waals surface area contributed by atoms with Gasteiger partial charge in [0.1, 0.15) is 11.5 Å². The molecule has 0 spiro atoms. The maximum atomic E-state index is 13.3. The zero-order chi connectivity index (χ0) is 19.1. The van der Waals surface area contributed by atoms with Gasteiger partial charge in [0.25, 0.3) is 0 Å². The van der Waals surface area contributed by atoms with Gasteiger partial charge < -0.3 is 0 Å². The van der Waals surface area contributed by atoms with E-state index in [-0.39, 0.29) is 5.82 Å². The molecule has 3 aromatic heterocycles. The predicted octanol–water partition coefficient (Wildman–Crippen LogP) is 4.90. The van der Waals surface area contributed by atoms with E-state index in [1.807, 2.05) is 60.0 Å². The van der Waals surface area contributed by atoms with E-state index in [1.165, 1.54) is 12.1 Å². The second-order valence-corrected chi connectivity index (χ2v) is 6.61. The first-order valence-electron chi connectivity index (χ1n) is 8.92. The molecule has 0 saturated heterocycles. The van der Waals surface area contributed by atoms with Crippen LogP contribution in [0.25, 0.3) is 39.4 Å². The summed E-state index contributed by atoms with van der Waals surface area (Å²) in [6.07, 6.45) is 2.02. The summed E-state index contributed by atoms with van der Waals surface area (Å²) in [5.41, 5.74) is 6.30. The molecule has 3 heterocycles. The van der Waals surface area contributed by atoms with E-state index in [2.05, 4.69) is 20.4 Å². The van der Waals surface area contributed by atoms with E-state index >= 15 is 0 Å². The van der Waals surface area contributed by atoms with Crippen LogP contribution < -0.4 is 0 Å². The fraction of sp³-hybridized carbons (Fsp3) is 0.0455. The van der Waals surface area contributed by atoms with Crippen LogP contribution in [0.1, 0.15) is 5.69 Å². The number of aromatic nitrogens is 5. The number of nitrogens with one attached hydrogen (secondary N) is 1. The SMILES string of the molecule is Cc1[nH]nc(-c2ccc(F)cc2)c1-c1ccc2nnc(-c3ccccc3)n2c1. The van der Waals surface area contributed by atoms with Crippen LogP contribution in [-0.4, -0.2) is 24.8 Å². The van der Waals surface area contributed by atoms with Crippen LogP contribution in [-0.2, 0) is 0 Å². The van der Waals surface area contributed by atoms with Crippen molar-refractivity contribution in [2.45, 2.75) is 6.92 Å². The van der Waals surface area contributed by atoms with Gasteiger partial charge in [0.2, 0.25) is 0 Å².